The zero-order valence-corrected chi connectivity index (χ0v) is 36.6. The van der Waals surface area contributed by atoms with E-state index in [1.54, 1.807) is 27.7 Å². The van der Waals surface area contributed by atoms with Crippen LogP contribution in [0.3, 0.4) is 0 Å². The largest absolute Gasteiger partial charge is 0.498 e. The summed E-state index contributed by atoms with van der Waals surface area (Å²) in [5, 5.41) is 6.73. The third-order valence-corrected chi connectivity index (χ3v) is 11.1. The molecular weight excluding hydrogens is 1040 g/mol. The van der Waals surface area contributed by atoms with E-state index in [2.05, 4.69) is 36.1 Å². The highest BCUT2D eigenvalue weighted by Gasteiger charge is 2.59. The van der Waals surface area contributed by atoms with E-state index in [4.69, 9.17) is 9.31 Å². The van der Waals surface area contributed by atoms with E-state index in [-0.39, 0.29) is 22.6 Å². The number of carbonyl (C=O) groups is 2. The fraction of sp³-hybridized carbons (Fsp3) is 0.529. The van der Waals surface area contributed by atoms with Crippen molar-refractivity contribution in [3.8, 4) is 11.1 Å². The molecule has 3 aliphatic rings. The highest BCUT2D eigenvalue weighted by molar-refractivity contribution is 9.10. The maximum Gasteiger partial charge on any atom is 0.498 e. The second kappa shape index (κ2) is 17.5. The van der Waals surface area contributed by atoms with Crippen LogP contribution in [0.2, 0.25) is 0 Å². The Morgan fingerprint density at radius 1 is 0.618 bits per heavy atom. The maximum atomic E-state index is 13.4. The molecule has 0 N–H and O–H groups in total. The summed E-state index contributed by atoms with van der Waals surface area (Å²) in [5.74, 6) is -12.1. The first-order valence-corrected chi connectivity index (χ1v) is 19.3. The molecule has 7 heterocycles. The molecule has 7 rings (SSSR count). The van der Waals surface area contributed by atoms with Crippen molar-refractivity contribution in [3.05, 3.63) is 61.4 Å². The van der Waals surface area contributed by atoms with Crippen LogP contribution in [-0.2, 0) is 57.4 Å². The number of carbonyl (C=O) groups excluding carboxylic acids is 2. The highest BCUT2D eigenvalue weighted by atomic mass is 79.9. The van der Waals surface area contributed by atoms with Gasteiger partial charge < -0.3 is 9.31 Å². The van der Waals surface area contributed by atoms with Crippen molar-refractivity contribution in [2.45, 2.75) is 102 Å². The fourth-order valence-electron chi connectivity index (χ4n) is 5.95. The van der Waals surface area contributed by atoms with Gasteiger partial charge in [0.15, 0.2) is 11.4 Å². The number of alkyl halides is 16. The number of rotatable bonds is 6. The Hall–Kier alpha value is -5.54. The molecule has 1 saturated heterocycles. The first-order chi connectivity index (χ1) is 30.6. The molecule has 16 nitrogen and oxygen atoms in total. The SMILES string of the molecule is CC1(C)OB(c2cnn(CC(F)(F)C(F)(F)F)c2)OC1(C)C.CN1C(=O)Cn2c1nc(C(F)(F)F)c(-c1cnn(CC(F)(F)C(F)(F)F)c1)c2=O.CN1C(=O)Cn2c1nc(C(F)(F)F)c(Br)c2=O. The number of hydrogen-bond donors (Lipinski definition) is 0. The molecule has 0 aliphatic carbocycles. The third-order valence-electron chi connectivity index (χ3n) is 10.4. The van der Waals surface area contributed by atoms with Gasteiger partial charge in [0.2, 0.25) is 23.7 Å². The number of halogens is 17. The summed E-state index contributed by atoms with van der Waals surface area (Å²) in [6, 6.07) is 0. The van der Waals surface area contributed by atoms with E-state index in [9.17, 15) is 89.4 Å². The number of amides is 2. The van der Waals surface area contributed by atoms with Crippen LogP contribution in [0, 0.1) is 0 Å². The molecule has 0 spiro atoms. The number of hydrogen-bond acceptors (Lipinski definition) is 10. The summed E-state index contributed by atoms with van der Waals surface area (Å²) in [7, 11) is 1.50. The Bertz CT molecular complexity index is 2710. The molecular formula is C34H30BBrF16N10O6. The minimum absolute atomic E-state index is 0.0671. The summed E-state index contributed by atoms with van der Waals surface area (Å²) in [6.45, 7) is 2.71. The van der Waals surface area contributed by atoms with Crippen molar-refractivity contribution in [2.24, 2.45) is 0 Å². The van der Waals surface area contributed by atoms with Gasteiger partial charge in [-0.25, -0.2) is 9.97 Å². The molecule has 1 fully saturated rings. The molecule has 4 aromatic heterocycles. The van der Waals surface area contributed by atoms with Crippen LogP contribution in [0.5, 0.6) is 0 Å². The van der Waals surface area contributed by atoms with Crippen molar-refractivity contribution in [1.82, 2.24) is 38.7 Å². The van der Waals surface area contributed by atoms with Gasteiger partial charge >= 0.3 is 43.7 Å². The summed E-state index contributed by atoms with van der Waals surface area (Å²) in [6.07, 6.45) is -18.3. The topological polar surface area (TPSA) is 164 Å². The lowest BCUT2D eigenvalue weighted by Gasteiger charge is -2.32. The van der Waals surface area contributed by atoms with E-state index in [1.165, 1.54) is 7.05 Å². The van der Waals surface area contributed by atoms with E-state index < -0.39 is 130 Å². The van der Waals surface area contributed by atoms with Crippen molar-refractivity contribution in [2.75, 3.05) is 23.9 Å². The first kappa shape index (κ1) is 53.4. The Morgan fingerprint density at radius 2 is 1.01 bits per heavy atom. The molecule has 4 aromatic rings. The lowest BCUT2D eigenvalue weighted by Crippen LogP contribution is -2.41. The van der Waals surface area contributed by atoms with Crippen molar-refractivity contribution >= 4 is 52.2 Å². The van der Waals surface area contributed by atoms with E-state index in [0.29, 0.717) is 21.6 Å². The van der Waals surface area contributed by atoms with Crippen LogP contribution >= 0.6 is 15.9 Å². The van der Waals surface area contributed by atoms with Gasteiger partial charge in [-0.15, -0.1) is 0 Å². The molecule has 3 aliphatic heterocycles. The second-order valence-electron chi connectivity index (χ2n) is 15.8. The molecule has 0 saturated carbocycles. The van der Waals surface area contributed by atoms with Crippen LogP contribution in [0.1, 0.15) is 39.1 Å². The average molecular weight is 1070 g/mol. The number of likely N-dealkylation sites (N-methyl/N-ethyl adjacent to an activating group) is 2. The molecule has 34 heteroatoms. The van der Waals surface area contributed by atoms with Crippen LogP contribution in [-0.4, -0.2) is 107 Å². The second-order valence-corrected chi connectivity index (χ2v) is 16.6. The van der Waals surface area contributed by atoms with E-state index >= 15 is 0 Å². The number of aromatic nitrogens is 8. The lowest BCUT2D eigenvalue weighted by molar-refractivity contribution is -0.287. The van der Waals surface area contributed by atoms with E-state index in [1.807, 2.05) is 0 Å². The Kier molecular flexibility index (Phi) is 13.7. The normalized spacial score (nSPS) is 17.2. The number of fused-ring (bicyclic) bond motifs is 2. The number of nitrogens with zero attached hydrogens (tertiary/aromatic N) is 10. The van der Waals surface area contributed by atoms with Gasteiger partial charge in [-0.1, -0.05) is 0 Å². The van der Waals surface area contributed by atoms with Crippen LogP contribution < -0.4 is 26.4 Å². The molecule has 0 unspecified atom stereocenters. The van der Waals surface area contributed by atoms with Crippen molar-refractivity contribution < 1.29 is 89.1 Å². The molecule has 0 aromatic carbocycles. The lowest BCUT2D eigenvalue weighted by atomic mass is 9.82. The molecule has 2 amide bonds. The van der Waals surface area contributed by atoms with E-state index in [0.717, 1.165) is 33.8 Å². The minimum atomic E-state index is -5.91. The van der Waals surface area contributed by atoms with Gasteiger partial charge in [-0.05, 0) is 43.6 Å². The van der Waals surface area contributed by atoms with Crippen molar-refractivity contribution in [3.63, 3.8) is 0 Å². The Morgan fingerprint density at radius 3 is 1.44 bits per heavy atom. The Labute approximate surface area is 377 Å². The molecule has 374 valence electrons. The molecule has 68 heavy (non-hydrogen) atoms. The van der Waals surface area contributed by atoms with Crippen LogP contribution in [0.25, 0.3) is 11.1 Å². The fourth-order valence-corrected chi connectivity index (χ4v) is 6.48. The van der Waals surface area contributed by atoms with Gasteiger partial charge in [0.1, 0.15) is 30.7 Å². The predicted molar refractivity (Wildman–Crippen MR) is 203 cm³/mol. The van der Waals surface area contributed by atoms with Gasteiger partial charge in [0.25, 0.3) is 11.1 Å². The molecule has 0 bridgehead atoms. The zero-order chi connectivity index (χ0) is 51.9. The molecule has 0 atom stereocenters. The van der Waals surface area contributed by atoms with Gasteiger partial charge in [0.05, 0.1) is 23.0 Å². The average Bonchev–Trinajstić information content (AvgIpc) is 3.98. The zero-order valence-electron chi connectivity index (χ0n) is 35.1. The van der Waals surface area contributed by atoms with Gasteiger partial charge in [-0.3, -0.25) is 47.5 Å². The summed E-state index contributed by atoms with van der Waals surface area (Å²) < 4.78 is 217. The smallest absolute Gasteiger partial charge is 0.399 e. The summed E-state index contributed by atoms with van der Waals surface area (Å²) in [4.78, 5) is 55.4. The minimum Gasteiger partial charge on any atom is -0.399 e. The summed E-state index contributed by atoms with van der Waals surface area (Å²) >= 11 is 2.56. The standard InChI is InChI=1S/C14H9F8N5O2.C12H16BF5N2O2.C8H5BrF3N3O2/c1-25-7(28)4-27-10(29)8(9(13(17,18)19)24-11(25)27)6-2-23-26(3-6)5-12(15,16)14(20,21)22;1-9(2)10(3,4)22-13(21-9)8-5-19-20(6-8)7-11(14,15)12(16,17)18;1-14-3(16)2-15-6(17)4(9)5(8(10,11)12)13-7(14)15/h2-3H,4-5H2,1H3;5-6H,7H2,1-4H3;2H2,1H3. The maximum absolute atomic E-state index is 13.4. The quantitative estimate of drug-likeness (QED) is 0.173. The van der Waals surface area contributed by atoms with Crippen molar-refractivity contribution in [1.29, 1.82) is 0 Å². The third kappa shape index (κ3) is 10.4. The van der Waals surface area contributed by atoms with Gasteiger partial charge in [0, 0.05) is 43.7 Å². The van der Waals surface area contributed by atoms with Crippen LogP contribution in [0.15, 0.2) is 38.8 Å². The molecule has 0 radical (unpaired) electrons. The monoisotopic (exact) mass is 1070 g/mol. The predicted octanol–water partition coefficient (Wildman–Crippen LogP) is 5.68. The first-order valence-electron chi connectivity index (χ1n) is 18.5. The highest BCUT2D eigenvalue weighted by Crippen LogP contribution is 2.40. The van der Waals surface area contributed by atoms with Gasteiger partial charge in [-0.2, -0.15) is 80.4 Å². The Balaban J connectivity index is 0.000000198. The number of anilines is 2. The summed E-state index contributed by atoms with van der Waals surface area (Å²) in [5.41, 5.74) is -8.08. The van der Waals surface area contributed by atoms with Crippen LogP contribution in [0.4, 0.5) is 82.1 Å².